The SMILES string of the molecule is COc1ccc(C(=O)C([S+]2CCCCC2)C(C)(C)C)cc1. The van der Waals surface area contributed by atoms with E-state index < -0.39 is 0 Å². The van der Waals surface area contributed by atoms with Gasteiger partial charge in [0.05, 0.1) is 7.11 Å². The molecule has 1 aliphatic heterocycles. The van der Waals surface area contributed by atoms with Crippen LogP contribution in [0.1, 0.15) is 50.4 Å². The average Bonchev–Trinajstić information content (AvgIpc) is 2.47. The molecule has 1 heterocycles. The number of carbonyl (C=O) groups excluding carboxylic acids is 1. The van der Waals surface area contributed by atoms with E-state index in [1.165, 1.54) is 30.8 Å². The van der Waals surface area contributed by atoms with E-state index in [2.05, 4.69) is 20.8 Å². The zero-order chi connectivity index (χ0) is 15.5. The zero-order valence-electron chi connectivity index (χ0n) is 13.6. The molecule has 0 radical (unpaired) electrons. The van der Waals surface area contributed by atoms with Crippen LogP contribution in [-0.4, -0.2) is 29.6 Å². The van der Waals surface area contributed by atoms with Crippen LogP contribution in [0.2, 0.25) is 0 Å². The first-order chi connectivity index (χ1) is 9.93. The summed E-state index contributed by atoms with van der Waals surface area (Å²) in [6.07, 6.45) is 3.90. The fourth-order valence-electron chi connectivity index (χ4n) is 3.04. The summed E-state index contributed by atoms with van der Waals surface area (Å²) in [5.41, 5.74) is 0.853. The molecule has 0 spiro atoms. The molecule has 1 unspecified atom stereocenters. The molecule has 1 atom stereocenters. The van der Waals surface area contributed by atoms with Crippen LogP contribution in [0.15, 0.2) is 24.3 Å². The molecule has 1 aromatic carbocycles. The topological polar surface area (TPSA) is 26.3 Å². The smallest absolute Gasteiger partial charge is 0.215 e. The Morgan fingerprint density at radius 3 is 2.14 bits per heavy atom. The summed E-state index contributed by atoms with van der Waals surface area (Å²) in [5.74, 6) is 3.57. The van der Waals surface area contributed by atoms with E-state index in [1.807, 2.05) is 24.3 Å². The predicted molar refractivity (Wildman–Crippen MR) is 91.5 cm³/mol. The molecule has 0 bridgehead atoms. The van der Waals surface area contributed by atoms with Crippen LogP contribution >= 0.6 is 0 Å². The van der Waals surface area contributed by atoms with Gasteiger partial charge in [-0.05, 0) is 54.4 Å². The highest BCUT2D eigenvalue weighted by Crippen LogP contribution is 2.33. The second kappa shape index (κ2) is 6.87. The van der Waals surface area contributed by atoms with Crippen LogP contribution in [0.3, 0.4) is 0 Å². The second-order valence-corrected chi connectivity index (χ2v) is 9.21. The maximum Gasteiger partial charge on any atom is 0.215 e. The van der Waals surface area contributed by atoms with Crippen LogP contribution in [0, 0.1) is 5.41 Å². The van der Waals surface area contributed by atoms with E-state index in [4.69, 9.17) is 4.74 Å². The number of ether oxygens (including phenoxy) is 1. The molecule has 1 aliphatic rings. The standard InChI is InChI=1S/C18H27O2S/c1-18(2,3)17(21-12-6-5-7-13-21)16(19)14-8-10-15(20-4)11-9-14/h8-11,17H,5-7,12-13H2,1-4H3/q+1. The van der Waals surface area contributed by atoms with E-state index in [0.717, 1.165) is 11.3 Å². The molecule has 0 aromatic heterocycles. The number of carbonyl (C=O) groups is 1. The molecule has 1 aromatic rings. The maximum absolute atomic E-state index is 13.1. The Morgan fingerprint density at radius 1 is 1.10 bits per heavy atom. The summed E-state index contributed by atoms with van der Waals surface area (Å²) in [4.78, 5) is 13.1. The zero-order valence-corrected chi connectivity index (χ0v) is 14.5. The molecule has 2 rings (SSSR count). The highest BCUT2D eigenvalue weighted by atomic mass is 32.2. The minimum atomic E-state index is 0.0253. The first kappa shape index (κ1) is 16.4. The van der Waals surface area contributed by atoms with Gasteiger partial charge in [-0.15, -0.1) is 0 Å². The van der Waals surface area contributed by atoms with Gasteiger partial charge in [-0.25, -0.2) is 0 Å². The molecule has 21 heavy (non-hydrogen) atoms. The van der Waals surface area contributed by atoms with Crippen molar-refractivity contribution in [3.63, 3.8) is 0 Å². The number of ketones is 1. The Labute approximate surface area is 131 Å². The van der Waals surface area contributed by atoms with Crippen LogP contribution in [0.4, 0.5) is 0 Å². The van der Waals surface area contributed by atoms with Crippen LogP contribution in [0.25, 0.3) is 0 Å². The van der Waals surface area contributed by atoms with Gasteiger partial charge in [-0.2, -0.15) is 0 Å². The van der Waals surface area contributed by atoms with Crippen molar-refractivity contribution in [2.24, 2.45) is 5.41 Å². The number of hydrogen-bond donors (Lipinski definition) is 0. The van der Waals surface area contributed by atoms with Gasteiger partial charge in [-0.1, -0.05) is 20.8 Å². The van der Waals surface area contributed by atoms with Crippen LogP contribution in [-0.2, 0) is 10.9 Å². The Hall–Kier alpha value is -0.960. The van der Waals surface area contributed by atoms with Crippen LogP contribution in [0.5, 0.6) is 5.75 Å². The molecule has 2 nitrogen and oxygen atoms in total. The molecule has 116 valence electrons. The van der Waals surface area contributed by atoms with Gasteiger partial charge in [0, 0.05) is 11.0 Å². The Morgan fingerprint density at radius 2 is 1.67 bits per heavy atom. The highest BCUT2D eigenvalue weighted by Gasteiger charge is 2.45. The third-order valence-corrected chi connectivity index (χ3v) is 7.26. The second-order valence-electron chi connectivity index (χ2n) is 6.85. The van der Waals surface area contributed by atoms with Gasteiger partial charge in [-0.3, -0.25) is 4.79 Å². The third-order valence-electron chi connectivity index (χ3n) is 4.05. The monoisotopic (exact) mass is 307 g/mol. The summed E-state index contributed by atoms with van der Waals surface area (Å²) in [6.45, 7) is 6.63. The lowest BCUT2D eigenvalue weighted by atomic mass is 9.87. The summed E-state index contributed by atoms with van der Waals surface area (Å²) in [6, 6.07) is 7.59. The van der Waals surface area contributed by atoms with Crippen molar-refractivity contribution in [2.75, 3.05) is 18.6 Å². The van der Waals surface area contributed by atoms with E-state index >= 15 is 0 Å². The van der Waals surface area contributed by atoms with Gasteiger partial charge in [0.15, 0.2) is 5.25 Å². The van der Waals surface area contributed by atoms with Gasteiger partial charge in [0.2, 0.25) is 5.78 Å². The largest absolute Gasteiger partial charge is 0.497 e. The van der Waals surface area contributed by atoms with Gasteiger partial charge < -0.3 is 4.74 Å². The predicted octanol–water partition coefficient (Wildman–Crippen LogP) is 4.09. The van der Waals surface area contributed by atoms with Crippen molar-refractivity contribution in [2.45, 2.75) is 45.3 Å². The molecule has 0 amide bonds. The molecule has 1 fully saturated rings. The van der Waals surface area contributed by atoms with Crippen molar-refractivity contribution >= 4 is 16.7 Å². The number of methoxy groups -OCH3 is 1. The summed E-state index contributed by atoms with van der Waals surface area (Å²) in [5, 5.41) is 0.145. The van der Waals surface area contributed by atoms with E-state index in [9.17, 15) is 4.79 Å². The fourth-order valence-corrected chi connectivity index (χ4v) is 6.30. The third kappa shape index (κ3) is 4.03. The lowest BCUT2D eigenvalue weighted by Gasteiger charge is -2.31. The number of Topliss-reactive ketones (excluding diaryl/α,β-unsaturated/α-hetero) is 1. The van der Waals surface area contributed by atoms with Crippen molar-refractivity contribution in [1.29, 1.82) is 0 Å². The lowest BCUT2D eigenvalue weighted by molar-refractivity contribution is 0.0948. The maximum atomic E-state index is 13.1. The lowest BCUT2D eigenvalue weighted by Crippen LogP contribution is -2.45. The van der Waals surface area contributed by atoms with Crippen molar-refractivity contribution in [3.05, 3.63) is 29.8 Å². The number of benzene rings is 1. The van der Waals surface area contributed by atoms with Crippen molar-refractivity contribution < 1.29 is 9.53 Å². The quantitative estimate of drug-likeness (QED) is 0.618. The summed E-state index contributed by atoms with van der Waals surface area (Å²) >= 11 is 0. The molecular weight excluding hydrogens is 280 g/mol. The number of hydrogen-bond acceptors (Lipinski definition) is 2. The fraction of sp³-hybridized carbons (Fsp3) is 0.611. The Balaban J connectivity index is 2.24. The minimum Gasteiger partial charge on any atom is -0.497 e. The summed E-state index contributed by atoms with van der Waals surface area (Å²) in [7, 11) is 1.88. The highest BCUT2D eigenvalue weighted by molar-refractivity contribution is 7.98. The van der Waals surface area contributed by atoms with Crippen LogP contribution < -0.4 is 4.74 Å². The Bertz CT molecular complexity index is 467. The normalized spacial score (nSPS) is 18.3. The van der Waals surface area contributed by atoms with Crippen molar-refractivity contribution in [3.8, 4) is 5.75 Å². The Kier molecular flexibility index (Phi) is 5.37. The molecule has 0 aliphatic carbocycles. The molecule has 0 N–H and O–H groups in total. The minimum absolute atomic E-state index is 0.0253. The summed E-state index contributed by atoms with van der Waals surface area (Å²) < 4.78 is 5.18. The molecular formula is C18H27O2S+. The van der Waals surface area contributed by atoms with E-state index in [-0.39, 0.29) is 21.6 Å². The first-order valence-corrected chi connectivity index (χ1v) is 9.40. The number of rotatable bonds is 4. The first-order valence-electron chi connectivity index (χ1n) is 7.78. The van der Waals surface area contributed by atoms with Gasteiger partial charge >= 0.3 is 0 Å². The average molecular weight is 307 g/mol. The van der Waals surface area contributed by atoms with Crippen molar-refractivity contribution in [1.82, 2.24) is 0 Å². The molecule has 1 saturated heterocycles. The van der Waals surface area contributed by atoms with E-state index in [0.29, 0.717) is 5.78 Å². The molecule has 3 heteroatoms. The molecule has 0 saturated carbocycles. The van der Waals surface area contributed by atoms with Gasteiger partial charge in [0.25, 0.3) is 0 Å². The van der Waals surface area contributed by atoms with Gasteiger partial charge in [0.1, 0.15) is 17.3 Å². The van der Waals surface area contributed by atoms with E-state index in [1.54, 1.807) is 7.11 Å².